The number of rotatable bonds is 4. The topological polar surface area (TPSA) is 53.9 Å². The van der Waals surface area contributed by atoms with Gasteiger partial charge in [0.1, 0.15) is 5.82 Å². The Balaban J connectivity index is 1.36. The normalized spacial score (nSPS) is 34.8. The molecule has 0 amide bonds. The number of hydrogen-bond acceptors (Lipinski definition) is 4. The number of nitrogens with zero attached hydrogens (tertiary/aromatic N) is 2. The summed E-state index contributed by atoms with van der Waals surface area (Å²) >= 11 is 0. The SMILES string of the molecule is c1cc(NCC2C3CCNCC32)n(C2CNC2)n1. The molecule has 3 atom stereocenters. The molecular weight excluding hydrogens is 226 g/mol. The van der Waals surface area contributed by atoms with E-state index >= 15 is 0 Å². The average Bonchev–Trinajstić information content (AvgIpc) is 2.86. The Kier molecular flexibility index (Phi) is 2.55. The molecule has 2 aliphatic heterocycles. The second kappa shape index (κ2) is 4.24. The lowest BCUT2D eigenvalue weighted by molar-refractivity contribution is 0.321. The molecular formula is C13H21N5. The van der Waals surface area contributed by atoms with Gasteiger partial charge in [0.25, 0.3) is 0 Å². The molecule has 3 fully saturated rings. The number of anilines is 1. The second-order valence-corrected chi connectivity index (χ2v) is 5.84. The Hall–Kier alpha value is -1.07. The third-order valence-electron chi connectivity index (χ3n) is 4.84. The standard InChI is InChI=1S/C13H21N5/c1-3-14-7-11-10(1)12(11)8-16-13-2-4-17-18(13)9-5-15-6-9/h2,4,9-12,14-16H,1,3,5-8H2. The Morgan fingerprint density at radius 1 is 1.28 bits per heavy atom. The molecule has 3 unspecified atom stereocenters. The molecule has 0 spiro atoms. The Labute approximate surface area is 107 Å². The molecule has 3 aliphatic rings. The monoisotopic (exact) mass is 247 g/mol. The molecule has 1 aromatic rings. The van der Waals surface area contributed by atoms with Crippen molar-refractivity contribution in [3.8, 4) is 0 Å². The molecule has 2 saturated heterocycles. The van der Waals surface area contributed by atoms with E-state index in [0.717, 1.165) is 37.4 Å². The van der Waals surface area contributed by atoms with Crippen LogP contribution in [-0.4, -0.2) is 42.5 Å². The van der Waals surface area contributed by atoms with Crippen LogP contribution in [0.4, 0.5) is 5.82 Å². The van der Waals surface area contributed by atoms with Crippen LogP contribution in [0.25, 0.3) is 0 Å². The van der Waals surface area contributed by atoms with Crippen molar-refractivity contribution in [2.75, 3.05) is 38.0 Å². The zero-order chi connectivity index (χ0) is 11.9. The minimum atomic E-state index is 0.547. The maximum Gasteiger partial charge on any atom is 0.124 e. The van der Waals surface area contributed by atoms with Gasteiger partial charge in [0.2, 0.25) is 0 Å². The fourth-order valence-electron chi connectivity index (χ4n) is 3.51. The summed E-state index contributed by atoms with van der Waals surface area (Å²) < 4.78 is 2.14. The van der Waals surface area contributed by atoms with Crippen LogP contribution < -0.4 is 16.0 Å². The largest absolute Gasteiger partial charge is 0.370 e. The summed E-state index contributed by atoms with van der Waals surface area (Å²) in [5.74, 6) is 3.97. The number of fused-ring (bicyclic) bond motifs is 1. The Morgan fingerprint density at radius 2 is 2.22 bits per heavy atom. The lowest BCUT2D eigenvalue weighted by atomic mass is 10.2. The fourth-order valence-corrected chi connectivity index (χ4v) is 3.51. The molecule has 1 saturated carbocycles. The smallest absolute Gasteiger partial charge is 0.124 e. The van der Waals surface area contributed by atoms with E-state index < -0.39 is 0 Å². The Bertz CT molecular complexity index is 413. The van der Waals surface area contributed by atoms with Crippen LogP contribution in [0, 0.1) is 17.8 Å². The minimum Gasteiger partial charge on any atom is -0.370 e. The molecule has 0 bridgehead atoms. The van der Waals surface area contributed by atoms with Gasteiger partial charge in [-0.1, -0.05) is 0 Å². The quantitative estimate of drug-likeness (QED) is 0.716. The fraction of sp³-hybridized carbons (Fsp3) is 0.769. The molecule has 5 heteroatoms. The van der Waals surface area contributed by atoms with Gasteiger partial charge in [-0.3, -0.25) is 0 Å². The van der Waals surface area contributed by atoms with Gasteiger partial charge in [-0.2, -0.15) is 5.10 Å². The van der Waals surface area contributed by atoms with E-state index in [1.807, 2.05) is 6.20 Å². The van der Waals surface area contributed by atoms with E-state index in [4.69, 9.17) is 0 Å². The zero-order valence-electron chi connectivity index (χ0n) is 10.6. The average molecular weight is 247 g/mol. The van der Waals surface area contributed by atoms with E-state index in [9.17, 15) is 0 Å². The van der Waals surface area contributed by atoms with Gasteiger partial charge in [0.05, 0.1) is 12.2 Å². The Morgan fingerprint density at radius 3 is 2.94 bits per heavy atom. The molecule has 5 nitrogen and oxygen atoms in total. The van der Waals surface area contributed by atoms with Crippen LogP contribution in [-0.2, 0) is 0 Å². The summed E-state index contributed by atoms with van der Waals surface area (Å²) in [6.07, 6.45) is 3.27. The van der Waals surface area contributed by atoms with Crippen LogP contribution in [0.5, 0.6) is 0 Å². The molecule has 3 N–H and O–H groups in total. The van der Waals surface area contributed by atoms with E-state index in [-0.39, 0.29) is 0 Å². The third kappa shape index (κ3) is 1.73. The van der Waals surface area contributed by atoms with Crippen LogP contribution in [0.3, 0.4) is 0 Å². The van der Waals surface area contributed by atoms with Gasteiger partial charge in [0.15, 0.2) is 0 Å². The van der Waals surface area contributed by atoms with Crippen molar-refractivity contribution in [2.45, 2.75) is 12.5 Å². The van der Waals surface area contributed by atoms with E-state index in [1.165, 1.54) is 25.3 Å². The first-order chi connectivity index (χ1) is 8.93. The highest BCUT2D eigenvalue weighted by Crippen LogP contribution is 2.49. The van der Waals surface area contributed by atoms with Gasteiger partial charge in [-0.05, 0) is 37.3 Å². The van der Waals surface area contributed by atoms with E-state index in [1.54, 1.807) is 0 Å². The summed E-state index contributed by atoms with van der Waals surface area (Å²) in [5, 5.41) is 14.8. The molecule has 1 aromatic heterocycles. The summed E-state index contributed by atoms with van der Waals surface area (Å²) in [4.78, 5) is 0. The summed E-state index contributed by atoms with van der Waals surface area (Å²) in [7, 11) is 0. The zero-order valence-corrected chi connectivity index (χ0v) is 10.6. The number of piperidine rings is 1. The highest BCUT2D eigenvalue weighted by molar-refractivity contribution is 5.35. The predicted molar refractivity (Wildman–Crippen MR) is 70.6 cm³/mol. The van der Waals surface area contributed by atoms with Crippen molar-refractivity contribution in [3.63, 3.8) is 0 Å². The molecule has 18 heavy (non-hydrogen) atoms. The third-order valence-corrected chi connectivity index (χ3v) is 4.84. The number of aromatic nitrogens is 2. The predicted octanol–water partition coefficient (Wildman–Crippen LogP) is 0.295. The van der Waals surface area contributed by atoms with Gasteiger partial charge in [0, 0.05) is 25.7 Å². The van der Waals surface area contributed by atoms with E-state index in [0.29, 0.717) is 6.04 Å². The van der Waals surface area contributed by atoms with Crippen molar-refractivity contribution < 1.29 is 0 Å². The van der Waals surface area contributed by atoms with Crippen LogP contribution in [0.1, 0.15) is 12.5 Å². The highest BCUT2D eigenvalue weighted by Gasteiger charge is 2.50. The molecule has 3 heterocycles. The summed E-state index contributed by atoms with van der Waals surface area (Å²) in [6, 6.07) is 2.65. The number of nitrogens with one attached hydrogen (secondary N) is 3. The van der Waals surface area contributed by atoms with Crippen molar-refractivity contribution in [1.29, 1.82) is 0 Å². The molecule has 1 aliphatic carbocycles. The van der Waals surface area contributed by atoms with Crippen molar-refractivity contribution in [1.82, 2.24) is 20.4 Å². The van der Waals surface area contributed by atoms with Gasteiger partial charge in [-0.25, -0.2) is 4.68 Å². The van der Waals surface area contributed by atoms with Gasteiger partial charge < -0.3 is 16.0 Å². The molecule has 98 valence electrons. The summed E-state index contributed by atoms with van der Waals surface area (Å²) in [5.41, 5.74) is 0. The first-order valence-electron chi connectivity index (χ1n) is 7.12. The van der Waals surface area contributed by atoms with E-state index in [2.05, 4.69) is 31.8 Å². The van der Waals surface area contributed by atoms with Crippen molar-refractivity contribution >= 4 is 5.82 Å². The number of hydrogen-bond donors (Lipinski definition) is 3. The van der Waals surface area contributed by atoms with Gasteiger partial charge in [-0.15, -0.1) is 0 Å². The van der Waals surface area contributed by atoms with Crippen LogP contribution >= 0.6 is 0 Å². The van der Waals surface area contributed by atoms with Crippen LogP contribution in [0.2, 0.25) is 0 Å². The minimum absolute atomic E-state index is 0.547. The first kappa shape index (κ1) is 10.8. The van der Waals surface area contributed by atoms with Crippen LogP contribution in [0.15, 0.2) is 12.3 Å². The molecule has 0 radical (unpaired) electrons. The molecule has 0 aromatic carbocycles. The lowest BCUT2D eigenvalue weighted by Crippen LogP contribution is -2.44. The second-order valence-electron chi connectivity index (χ2n) is 5.84. The maximum absolute atomic E-state index is 4.43. The molecule has 4 rings (SSSR count). The summed E-state index contributed by atoms with van der Waals surface area (Å²) in [6.45, 7) is 5.65. The lowest BCUT2D eigenvalue weighted by Gasteiger charge is -2.29. The highest BCUT2D eigenvalue weighted by atomic mass is 15.4. The van der Waals surface area contributed by atoms with Crippen molar-refractivity contribution in [2.24, 2.45) is 17.8 Å². The van der Waals surface area contributed by atoms with Crippen molar-refractivity contribution in [3.05, 3.63) is 12.3 Å². The maximum atomic E-state index is 4.43. The first-order valence-corrected chi connectivity index (χ1v) is 7.12. The van der Waals surface area contributed by atoms with Gasteiger partial charge >= 0.3 is 0 Å².